The van der Waals surface area contributed by atoms with E-state index in [0.717, 1.165) is 5.69 Å². The van der Waals surface area contributed by atoms with Crippen molar-refractivity contribution < 1.29 is 4.79 Å². The van der Waals surface area contributed by atoms with Gasteiger partial charge in [0.2, 0.25) is 11.9 Å². The van der Waals surface area contributed by atoms with E-state index in [4.69, 9.17) is 0 Å². The first kappa shape index (κ1) is 15.7. The molecule has 120 valence electrons. The third-order valence-corrected chi connectivity index (χ3v) is 4.91. The number of hydrogen-bond donors (Lipinski definition) is 1. The van der Waals surface area contributed by atoms with Crippen LogP contribution in [-0.2, 0) is 17.8 Å². The Morgan fingerprint density at radius 3 is 2.87 bits per heavy atom. The van der Waals surface area contributed by atoms with Gasteiger partial charge in [0.1, 0.15) is 0 Å². The van der Waals surface area contributed by atoms with Crippen LogP contribution in [0.5, 0.6) is 0 Å². The smallest absolute Gasteiger partial charge is 0.257 e. The molecule has 3 rings (SSSR count). The average molecular weight is 331 g/mol. The van der Waals surface area contributed by atoms with Gasteiger partial charge in [0.15, 0.2) is 5.16 Å². The van der Waals surface area contributed by atoms with Crippen molar-refractivity contribution in [2.75, 3.05) is 11.1 Å². The van der Waals surface area contributed by atoms with Crippen molar-refractivity contribution in [3.05, 3.63) is 40.1 Å². The van der Waals surface area contributed by atoms with Gasteiger partial charge in [-0.15, -0.1) is 0 Å². The molecule has 0 spiro atoms. The number of carbonyl (C=O) groups is 1. The van der Waals surface area contributed by atoms with E-state index < -0.39 is 0 Å². The first-order chi connectivity index (χ1) is 11.1. The van der Waals surface area contributed by atoms with Crippen LogP contribution in [0.25, 0.3) is 0 Å². The van der Waals surface area contributed by atoms with Crippen LogP contribution < -0.4 is 10.9 Å². The summed E-state index contributed by atoms with van der Waals surface area (Å²) in [6.45, 7) is 4.12. The number of amides is 1. The van der Waals surface area contributed by atoms with Gasteiger partial charge in [0.25, 0.3) is 5.56 Å². The number of nitrogens with zero attached hydrogens (tertiary/aromatic N) is 4. The topological polar surface area (TPSA) is 89.8 Å². The second-order valence-electron chi connectivity index (χ2n) is 5.30. The summed E-state index contributed by atoms with van der Waals surface area (Å²) in [4.78, 5) is 37.4. The highest BCUT2D eigenvalue weighted by Gasteiger charge is 2.28. The largest absolute Gasteiger partial charge is 0.294 e. The van der Waals surface area contributed by atoms with E-state index in [-0.39, 0.29) is 23.3 Å². The molecule has 1 aliphatic heterocycles. The molecule has 7 nitrogen and oxygen atoms in total. The third-order valence-electron chi connectivity index (χ3n) is 3.78. The van der Waals surface area contributed by atoms with Crippen LogP contribution in [0.1, 0.15) is 18.2 Å². The minimum absolute atomic E-state index is 0.0454. The van der Waals surface area contributed by atoms with Crippen LogP contribution >= 0.6 is 11.8 Å². The number of fused-ring (bicyclic) bond motifs is 1. The Morgan fingerprint density at radius 1 is 1.43 bits per heavy atom. The Kier molecular flexibility index (Phi) is 4.42. The average Bonchev–Trinajstić information content (AvgIpc) is 2.56. The van der Waals surface area contributed by atoms with Gasteiger partial charge in [0, 0.05) is 35.9 Å². The molecule has 8 heteroatoms. The molecule has 23 heavy (non-hydrogen) atoms. The molecule has 0 radical (unpaired) electrons. The number of carbonyl (C=O) groups excluding carboxylic acids is 1. The lowest BCUT2D eigenvalue weighted by Gasteiger charge is -2.25. The van der Waals surface area contributed by atoms with E-state index in [0.29, 0.717) is 29.4 Å². The fraction of sp³-hybridized carbons (Fsp3) is 0.400. The molecule has 0 bridgehead atoms. The van der Waals surface area contributed by atoms with E-state index in [1.54, 1.807) is 23.0 Å². The number of anilines is 1. The third kappa shape index (κ3) is 3.12. The van der Waals surface area contributed by atoms with Gasteiger partial charge in [-0.3, -0.25) is 19.5 Å². The van der Waals surface area contributed by atoms with Crippen molar-refractivity contribution in [3.8, 4) is 0 Å². The highest BCUT2D eigenvalue weighted by atomic mass is 32.2. The van der Waals surface area contributed by atoms with Crippen molar-refractivity contribution in [2.45, 2.75) is 32.0 Å². The second-order valence-corrected chi connectivity index (χ2v) is 6.28. The molecule has 2 aromatic heterocycles. The first-order valence-corrected chi connectivity index (χ1v) is 8.39. The van der Waals surface area contributed by atoms with Crippen LogP contribution in [0.3, 0.4) is 0 Å². The number of aryl methyl sites for hydroxylation is 1. The maximum Gasteiger partial charge on any atom is 0.257 e. The van der Waals surface area contributed by atoms with Crippen molar-refractivity contribution in [1.82, 2.24) is 19.5 Å². The number of aromatic nitrogens is 4. The molecule has 1 atom stereocenters. The summed E-state index contributed by atoms with van der Waals surface area (Å²) >= 11 is 1.43. The van der Waals surface area contributed by atoms with E-state index in [1.165, 1.54) is 11.8 Å². The summed E-state index contributed by atoms with van der Waals surface area (Å²) in [5, 5.41) is 3.38. The highest BCUT2D eigenvalue weighted by molar-refractivity contribution is 7.99. The lowest BCUT2D eigenvalue weighted by atomic mass is 10.1. The molecule has 1 unspecified atom stereocenters. The van der Waals surface area contributed by atoms with Crippen LogP contribution in [0.4, 0.5) is 5.95 Å². The van der Waals surface area contributed by atoms with E-state index >= 15 is 0 Å². The minimum Gasteiger partial charge on any atom is -0.294 e. The summed E-state index contributed by atoms with van der Waals surface area (Å²) < 4.78 is 1.61. The van der Waals surface area contributed by atoms with E-state index in [2.05, 4.69) is 20.3 Å². The van der Waals surface area contributed by atoms with E-state index in [9.17, 15) is 9.59 Å². The predicted molar refractivity (Wildman–Crippen MR) is 87.5 cm³/mol. The zero-order valence-electron chi connectivity index (χ0n) is 12.9. The Hall–Kier alpha value is -2.22. The van der Waals surface area contributed by atoms with E-state index in [1.807, 2.05) is 13.8 Å². The predicted octanol–water partition coefficient (Wildman–Crippen LogP) is 1.26. The first-order valence-electron chi connectivity index (χ1n) is 7.41. The van der Waals surface area contributed by atoms with Crippen molar-refractivity contribution in [3.63, 3.8) is 0 Å². The van der Waals surface area contributed by atoms with Crippen LogP contribution in [0, 0.1) is 12.8 Å². The van der Waals surface area contributed by atoms with Crippen molar-refractivity contribution in [1.29, 1.82) is 0 Å². The molecule has 1 aliphatic rings. The fourth-order valence-electron chi connectivity index (χ4n) is 2.54. The maximum atomic E-state index is 12.5. The van der Waals surface area contributed by atoms with Gasteiger partial charge >= 0.3 is 0 Å². The van der Waals surface area contributed by atoms with Crippen molar-refractivity contribution >= 4 is 23.6 Å². The van der Waals surface area contributed by atoms with Crippen LogP contribution in [0.2, 0.25) is 0 Å². The summed E-state index contributed by atoms with van der Waals surface area (Å²) in [6, 6.07) is 1.68. The molecule has 0 saturated carbocycles. The molecule has 1 amide bonds. The molecule has 2 aromatic rings. The Morgan fingerprint density at radius 2 is 2.17 bits per heavy atom. The lowest BCUT2D eigenvalue weighted by Crippen LogP contribution is -2.38. The molecule has 3 heterocycles. The van der Waals surface area contributed by atoms with Gasteiger partial charge in [0.05, 0.1) is 5.92 Å². The molecule has 0 aliphatic carbocycles. The SMILES string of the molecule is CCc1c(C)nc2n(c1=O)CC(C(=O)Nc1ncccn1)CS2. The standard InChI is InChI=1S/C15H17N5O2S/c1-3-11-9(2)18-15-20(13(11)22)7-10(8-23-15)12(21)19-14-16-5-4-6-17-14/h4-6,10H,3,7-8H2,1-2H3,(H,16,17,19,21). The second kappa shape index (κ2) is 6.49. The fourth-order valence-corrected chi connectivity index (χ4v) is 3.66. The quantitative estimate of drug-likeness (QED) is 0.852. The van der Waals surface area contributed by atoms with Crippen LogP contribution in [-0.4, -0.2) is 31.2 Å². The molecule has 0 fully saturated rings. The summed E-state index contributed by atoms with van der Waals surface area (Å²) in [6.07, 6.45) is 3.77. The van der Waals surface area contributed by atoms with Gasteiger partial charge in [-0.1, -0.05) is 18.7 Å². The van der Waals surface area contributed by atoms with Gasteiger partial charge < -0.3 is 0 Å². The Bertz CT molecular complexity index is 790. The van der Waals surface area contributed by atoms with Crippen molar-refractivity contribution in [2.24, 2.45) is 5.92 Å². The minimum atomic E-state index is -0.316. The van der Waals surface area contributed by atoms with Gasteiger partial charge in [-0.25, -0.2) is 15.0 Å². The molecule has 0 aromatic carbocycles. The monoisotopic (exact) mass is 331 g/mol. The van der Waals surface area contributed by atoms with Gasteiger partial charge in [-0.05, 0) is 19.4 Å². The number of thioether (sulfide) groups is 1. The maximum absolute atomic E-state index is 12.5. The zero-order chi connectivity index (χ0) is 16.4. The van der Waals surface area contributed by atoms with Crippen LogP contribution in [0.15, 0.2) is 28.4 Å². The van der Waals surface area contributed by atoms with Gasteiger partial charge in [-0.2, -0.15) is 0 Å². The normalized spacial score (nSPS) is 16.7. The zero-order valence-corrected chi connectivity index (χ0v) is 13.8. The number of nitrogens with one attached hydrogen (secondary N) is 1. The summed E-state index contributed by atoms with van der Waals surface area (Å²) in [7, 11) is 0. The Labute approximate surface area is 137 Å². The lowest BCUT2D eigenvalue weighted by molar-refractivity contribution is -0.119. The Balaban J connectivity index is 1.82. The molecular formula is C15H17N5O2S. The summed E-state index contributed by atoms with van der Waals surface area (Å²) in [5.41, 5.74) is 1.44. The molecular weight excluding hydrogens is 314 g/mol. The number of hydrogen-bond acceptors (Lipinski definition) is 6. The molecule has 0 saturated heterocycles. The summed E-state index contributed by atoms with van der Waals surface area (Å²) in [5.74, 6) is 0.357. The number of rotatable bonds is 3. The molecule has 1 N–H and O–H groups in total. The highest BCUT2D eigenvalue weighted by Crippen LogP contribution is 2.26.